The molecule has 2 N–H and O–H groups in total. The zero-order valence-corrected chi connectivity index (χ0v) is 15.3. The molecule has 136 valence electrons. The van der Waals surface area contributed by atoms with Crippen LogP contribution in [0.5, 0.6) is 17.2 Å². The molecule has 0 radical (unpaired) electrons. The fraction of sp³-hybridized carbons (Fsp3) is 0.588. The molecule has 0 spiro atoms. The Kier molecular flexibility index (Phi) is 8.78. The van der Waals surface area contributed by atoms with E-state index in [1.165, 1.54) is 21.3 Å². The van der Waals surface area contributed by atoms with Crippen LogP contribution in [-0.4, -0.2) is 58.4 Å². The van der Waals surface area contributed by atoms with Crippen LogP contribution in [0, 0.1) is 0 Å². The predicted octanol–water partition coefficient (Wildman–Crippen LogP) is 2.57. The molecule has 0 aliphatic heterocycles. The summed E-state index contributed by atoms with van der Waals surface area (Å²) in [5.74, 6) is 1.48. The van der Waals surface area contributed by atoms with Crippen molar-refractivity contribution in [3.63, 3.8) is 0 Å². The molecule has 0 aliphatic rings. The molecule has 1 aromatic rings. The third-order valence-electron chi connectivity index (χ3n) is 3.75. The monoisotopic (exact) mass is 339 g/mol. The van der Waals surface area contributed by atoms with Gasteiger partial charge in [0.15, 0.2) is 11.5 Å². The number of anilines is 1. The number of carbonyl (C=O) groups is 1. The topological polar surface area (TPSA) is 72.1 Å². The number of ether oxygens (including phenoxy) is 3. The first-order chi connectivity index (χ1) is 11.6. The van der Waals surface area contributed by atoms with E-state index < -0.39 is 0 Å². The number of carbonyl (C=O) groups excluding carboxylic acids is 1. The van der Waals surface area contributed by atoms with Crippen molar-refractivity contribution in [1.82, 2.24) is 10.2 Å². The molecule has 0 fully saturated rings. The van der Waals surface area contributed by atoms with E-state index in [-0.39, 0.29) is 6.03 Å². The first-order valence-corrected chi connectivity index (χ1v) is 8.16. The Balaban J connectivity index is 2.57. The SMILES string of the molecule is CCN(CC)CCCNC(=O)Nc1cc(OC)c(OC)c(OC)c1. The summed E-state index contributed by atoms with van der Waals surface area (Å²) in [5, 5.41) is 5.63. The quantitative estimate of drug-likeness (QED) is 0.641. The first kappa shape index (κ1) is 19.9. The molecular formula is C17H29N3O4. The van der Waals surface area contributed by atoms with Gasteiger partial charge in [-0.25, -0.2) is 4.79 Å². The Bertz CT molecular complexity index is 494. The maximum Gasteiger partial charge on any atom is 0.319 e. The zero-order chi connectivity index (χ0) is 17.9. The molecule has 0 saturated carbocycles. The van der Waals surface area contributed by atoms with Crippen LogP contribution in [0.4, 0.5) is 10.5 Å². The van der Waals surface area contributed by atoms with Crippen molar-refractivity contribution in [2.45, 2.75) is 20.3 Å². The maximum absolute atomic E-state index is 12.0. The smallest absolute Gasteiger partial charge is 0.319 e. The molecular weight excluding hydrogens is 310 g/mol. The van der Waals surface area contributed by atoms with Crippen LogP contribution in [0.2, 0.25) is 0 Å². The van der Waals surface area contributed by atoms with E-state index in [0.717, 1.165) is 26.1 Å². The van der Waals surface area contributed by atoms with Gasteiger partial charge in [0.25, 0.3) is 0 Å². The van der Waals surface area contributed by atoms with Crippen molar-refractivity contribution < 1.29 is 19.0 Å². The molecule has 1 aromatic carbocycles. The predicted molar refractivity (Wildman–Crippen MR) is 95.5 cm³/mol. The summed E-state index contributed by atoms with van der Waals surface area (Å²) in [6, 6.07) is 3.12. The van der Waals surface area contributed by atoms with E-state index in [4.69, 9.17) is 14.2 Å². The van der Waals surface area contributed by atoms with Crippen LogP contribution in [0.15, 0.2) is 12.1 Å². The largest absolute Gasteiger partial charge is 0.493 e. The minimum Gasteiger partial charge on any atom is -0.493 e. The molecule has 0 bridgehead atoms. The summed E-state index contributed by atoms with van der Waals surface area (Å²) in [6.07, 6.45) is 0.907. The third kappa shape index (κ3) is 5.81. The van der Waals surface area contributed by atoms with Gasteiger partial charge >= 0.3 is 6.03 Å². The molecule has 7 nitrogen and oxygen atoms in total. The summed E-state index contributed by atoms with van der Waals surface area (Å²) in [7, 11) is 4.61. The molecule has 0 aliphatic carbocycles. The van der Waals surface area contributed by atoms with Crippen LogP contribution in [0.25, 0.3) is 0 Å². The molecule has 1 rings (SSSR count). The van der Waals surface area contributed by atoms with Gasteiger partial charge in [-0.05, 0) is 26.1 Å². The number of rotatable bonds is 10. The van der Waals surface area contributed by atoms with Crippen LogP contribution in [-0.2, 0) is 0 Å². The number of nitrogens with one attached hydrogen (secondary N) is 2. The van der Waals surface area contributed by atoms with Crippen molar-refractivity contribution in [2.75, 3.05) is 52.8 Å². The van der Waals surface area contributed by atoms with E-state index in [1.54, 1.807) is 12.1 Å². The maximum atomic E-state index is 12.0. The van der Waals surface area contributed by atoms with Crippen molar-refractivity contribution in [1.29, 1.82) is 0 Å². The lowest BCUT2D eigenvalue weighted by Crippen LogP contribution is -2.32. The van der Waals surface area contributed by atoms with E-state index in [0.29, 0.717) is 29.5 Å². The second-order valence-corrected chi connectivity index (χ2v) is 5.18. The zero-order valence-electron chi connectivity index (χ0n) is 15.3. The van der Waals surface area contributed by atoms with Crippen molar-refractivity contribution in [3.05, 3.63) is 12.1 Å². The molecule has 2 amide bonds. The second kappa shape index (κ2) is 10.6. The Morgan fingerprint density at radius 3 is 2.08 bits per heavy atom. The average Bonchev–Trinajstić information content (AvgIpc) is 2.60. The van der Waals surface area contributed by atoms with E-state index in [1.807, 2.05) is 0 Å². The average molecular weight is 339 g/mol. The van der Waals surface area contributed by atoms with Crippen LogP contribution in [0.1, 0.15) is 20.3 Å². The number of methoxy groups -OCH3 is 3. The number of amides is 2. The van der Waals surface area contributed by atoms with E-state index in [2.05, 4.69) is 29.4 Å². The van der Waals surface area contributed by atoms with Gasteiger partial charge in [-0.15, -0.1) is 0 Å². The summed E-state index contributed by atoms with van der Waals surface area (Å²) in [4.78, 5) is 14.3. The van der Waals surface area contributed by atoms with Crippen LogP contribution < -0.4 is 24.8 Å². The fourth-order valence-corrected chi connectivity index (χ4v) is 2.37. The highest BCUT2D eigenvalue weighted by atomic mass is 16.5. The lowest BCUT2D eigenvalue weighted by atomic mass is 10.2. The van der Waals surface area contributed by atoms with Gasteiger partial charge in [-0.3, -0.25) is 0 Å². The van der Waals surface area contributed by atoms with Gasteiger partial charge in [0.1, 0.15) is 0 Å². The standard InChI is InChI=1S/C17H29N3O4/c1-6-20(7-2)10-8-9-18-17(21)19-13-11-14(22-3)16(24-5)15(12-13)23-4/h11-12H,6-10H2,1-5H3,(H2,18,19,21). The van der Waals surface area contributed by atoms with Crippen LogP contribution in [0.3, 0.4) is 0 Å². The fourth-order valence-electron chi connectivity index (χ4n) is 2.37. The van der Waals surface area contributed by atoms with Crippen molar-refractivity contribution in [2.24, 2.45) is 0 Å². The van der Waals surface area contributed by atoms with Gasteiger partial charge in [0.05, 0.1) is 27.0 Å². The minimum atomic E-state index is -0.260. The molecule has 0 saturated heterocycles. The number of urea groups is 1. The Morgan fingerprint density at radius 1 is 1.04 bits per heavy atom. The third-order valence-corrected chi connectivity index (χ3v) is 3.75. The normalized spacial score (nSPS) is 10.4. The number of hydrogen-bond acceptors (Lipinski definition) is 5. The lowest BCUT2D eigenvalue weighted by molar-refractivity contribution is 0.250. The Hall–Kier alpha value is -2.15. The van der Waals surface area contributed by atoms with Gasteiger partial charge in [-0.1, -0.05) is 13.8 Å². The highest BCUT2D eigenvalue weighted by molar-refractivity contribution is 5.90. The molecule has 0 atom stereocenters. The number of benzene rings is 1. The van der Waals surface area contributed by atoms with Gasteiger partial charge in [0.2, 0.25) is 5.75 Å². The summed E-state index contributed by atoms with van der Waals surface area (Å²) in [6.45, 7) is 7.90. The van der Waals surface area contributed by atoms with Gasteiger partial charge in [0, 0.05) is 18.7 Å². The Morgan fingerprint density at radius 2 is 1.62 bits per heavy atom. The van der Waals surface area contributed by atoms with E-state index >= 15 is 0 Å². The molecule has 24 heavy (non-hydrogen) atoms. The summed E-state index contributed by atoms with van der Waals surface area (Å²) in [5.41, 5.74) is 0.575. The number of hydrogen-bond donors (Lipinski definition) is 2. The second-order valence-electron chi connectivity index (χ2n) is 5.18. The van der Waals surface area contributed by atoms with Crippen molar-refractivity contribution in [3.8, 4) is 17.2 Å². The lowest BCUT2D eigenvalue weighted by Gasteiger charge is -2.18. The first-order valence-electron chi connectivity index (χ1n) is 8.16. The molecule has 7 heteroatoms. The van der Waals surface area contributed by atoms with Crippen LogP contribution >= 0.6 is 0 Å². The highest BCUT2D eigenvalue weighted by Gasteiger charge is 2.14. The van der Waals surface area contributed by atoms with Gasteiger partial charge < -0.3 is 29.7 Å². The highest BCUT2D eigenvalue weighted by Crippen LogP contribution is 2.39. The number of nitrogens with zero attached hydrogens (tertiary/aromatic N) is 1. The molecule has 0 aromatic heterocycles. The summed E-state index contributed by atoms with van der Waals surface area (Å²) >= 11 is 0. The molecule has 0 heterocycles. The van der Waals surface area contributed by atoms with Gasteiger partial charge in [-0.2, -0.15) is 0 Å². The minimum absolute atomic E-state index is 0.260. The summed E-state index contributed by atoms with van der Waals surface area (Å²) < 4.78 is 15.8. The van der Waals surface area contributed by atoms with E-state index in [9.17, 15) is 4.79 Å². The Labute approximate surface area is 144 Å². The molecule has 0 unspecified atom stereocenters. The van der Waals surface area contributed by atoms with Crippen molar-refractivity contribution >= 4 is 11.7 Å².